The van der Waals surface area contributed by atoms with Gasteiger partial charge in [-0.15, -0.1) is 0 Å². The van der Waals surface area contributed by atoms with E-state index in [0.717, 1.165) is 0 Å². The van der Waals surface area contributed by atoms with Gasteiger partial charge in [0.1, 0.15) is 0 Å². The van der Waals surface area contributed by atoms with Crippen molar-refractivity contribution in [3.63, 3.8) is 0 Å². The van der Waals surface area contributed by atoms with Crippen molar-refractivity contribution < 1.29 is 90.8 Å². The summed E-state index contributed by atoms with van der Waals surface area (Å²) in [4.78, 5) is 0. The summed E-state index contributed by atoms with van der Waals surface area (Å²) in [6, 6.07) is 0. The summed E-state index contributed by atoms with van der Waals surface area (Å²) in [5.41, 5.74) is 0. The van der Waals surface area contributed by atoms with Gasteiger partial charge >= 0.3 is 50.1 Å². The zero-order valence-electron chi connectivity index (χ0n) is 19.4. The first-order chi connectivity index (χ1) is 14.0. The molecule has 0 N–H and O–H groups in total. The molecule has 0 bridgehead atoms. The molecule has 0 aromatic heterocycles. The van der Waals surface area contributed by atoms with Crippen LogP contribution in [0.4, 0.5) is 0 Å². The van der Waals surface area contributed by atoms with Gasteiger partial charge in [0, 0.05) is 43.8 Å². The molecular weight excluding hydrogens is 972 g/mol. The van der Waals surface area contributed by atoms with Crippen LogP contribution in [0.3, 0.4) is 0 Å². The molecule has 0 atom stereocenters. The molecule has 0 heterocycles. The van der Waals surface area contributed by atoms with Crippen LogP contribution in [0.25, 0.3) is 0 Å². The minimum absolute atomic E-state index is 0. The largest absolute Gasteiger partial charge is 4.00 e. The van der Waals surface area contributed by atoms with Crippen LogP contribution in [0.1, 0.15) is 0 Å². The van der Waals surface area contributed by atoms with Crippen molar-refractivity contribution in [2.45, 2.75) is 0 Å². The molecule has 2 radical (unpaired) electrons. The van der Waals surface area contributed by atoms with E-state index in [9.17, 15) is 0 Å². The van der Waals surface area contributed by atoms with Crippen molar-refractivity contribution in [3.8, 4) is 0 Å². The standard InChI is InChI=1S/7CH4O3S.Bi.Sn/c7*1-5(2,3)4;;/h7*1H3,(H,2,3,4);;/q;;;;;;;+3;+4/p-7. The summed E-state index contributed by atoms with van der Waals surface area (Å²) in [6.45, 7) is 0. The molecule has 0 aliphatic heterocycles. The van der Waals surface area contributed by atoms with Crippen molar-refractivity contribution in [1.29, 1.82) is 0 Å². The maximum atomic E-state index is 9.08. The SMILES string of the molecule is CS(=O)(=O)[O-].CS(=O)(=O)[O-].CS(=O)(=O)[O-].CS(=O)(=O)[O-].CS(=O)(=O)[O-].CS(=O)(=O)[O-].CS(=O)(=O)[O-].[Bi+3].[Sn+4]. The maximum absolute atomic E-state index is 9.08. The summed E-state index contributed by atoms with van der Waals surface area (Å²) in [5, 5.41) is 0. The molecule has 0 saturated heterocycles. The third-order valence-corrected chi connectivity index (χ3v) is 0. The fourth-order valence-corrected chi connectivity index (χ4v) is 0. The Hall–Kier alpha value is 1.05. The molecule has 30 heteroatoms. The molecule has 0 aliphatic rings. The molecule has 0 rings (SSSR count). The average molecular weight is 993 g/mol. The molecule has 21 nitrogen and oxygen atoms in total. The molecule has 0 amide bonds. The van der Waals surface area contributed by atoms with Crippen molar-refractivity contribution in [2.24, 2.45) is 0 Å². The fraction of sp³-hybridized carbons (Fsp3) is 1.00. The van der Waals surface area contributed by atoms with Gasteiger partial charge in [0.25, 0.3) is 0 Å². The third-order valence-electron chi connectivity index (χ3n) is 0. The Kier molecular flexibility index (Phi) is 43.5. The van der Waals surface area contributed by atoms with Crippen LogP contribution < -0.4 is 0 Å². The van der Waals surface area contributed by atoms with Gasteiger partial charge in [-0.3, -0.25) is 0 Å². The van der Waals surface area contributed by atoms with Crippen LogP contribution >= 0.6 is 0 Å². The van der Waals surface area contributed by atoms with Gasteiger partial charge < -0.3 is 31.9 Å². The Labute approximate surface area is 253 Å². The third kappa shape index (κ3) is 41100. The quantitative estimate of drug-likeness (QED) is 0.161. The fourth-order valence-electron chi connectivity index (χ4n) is 0. The van der Waals surface area contributed by atoms with Gasteiger partial charge in [-0.25, -0.2) is 58.9 Å². The second-order valence-corrected chi connectivity index (χ2v) is 14.8. The van der Waals surface area contributed by atoms with Crippen LogP contribution in [0.15, 0.2) is 0 Å². The van der Waals surface area contributed by atoms with E-state index < -0.39 is 70.8 Å². The Bertz CT molecular complexity index is 938. The summed E-state index contributed by atoms with van der Waals surface area (Å²) in [5.74, 6) is 0. The number of hydrogen-bond donors (Lipinski definition) is 0. The van der Waals surface area contributed by atoms with E-state index in [1.54, 1.807) is 0 Å². The first kappa shape index (κ1) is 61.9. The van der Waals surface area contributed by atoms with E-state index in [1.165, 1.54) is 0 Å². The molecule has 0 unspecified atom stereocenters. The second kappa shape index (κ2) is 26.0. The average Bonchev–Trinajstić information content (AvgIpc) is 2.06. The predicted molar refractivity (Wildman–Crippen MR) is 121 cm³/mol. The molecule has 0 aliphatic carbocycles. The first-order valence-corrected chi connectivity index (χ1v) is 19.1. The molecule has 0 aromatic carbocycles. The second-order valence-electron chi connectivity index (χ2n) is 4.93. The summed E-state index contributed by atoms with van der Waals surface area (Å²) < 4.78 is 191. The first-order valence-electron chi connectivity index (χ1n) is 6.36. The smallest absolute Gasteiger partial charge is 0.748 e. The molecule has 0 saturated carbocycles. The Morgan fingerprint density at radius 1 is 0.270 bits per heavy atom. The molecular formula is C7H21BiO21S7Sn. The molecule has 226 valence electrons. The van der Waals surface area contributed by atoms with E-state index >= 15 is 0 Å². The number of rotatable bonds is 0. The molecule has 37 heavy (non-hydrogen) atoms. The normalized spacial score (nSPS) is 11.0. The van der Waals surface area contributed by atoms with Gasteiger partial charge in [-0.1, -0.05) is 0 Å². The minimum atomic E-state index is -3.92. The van der Waals surface area contributed by atoms with Gasteiger partial charge in [0.05, 0.1) is 70.8 Å². The van der Waals surface area contributed by atoms with Crippen LogP contribution in [0.5, 0.6) is 0 Å². The van der Waals surface area contributed by atoms with Gasteiger partial charge in [0.15, 0.2) is 0 Å². The summed E-state index contributed by atoms with van der Waals surface area (Å²) >= 11 is 0. The summed E-state index contributed by atoms with van der Waals surface area (Å²) in [6.07, 6.45) is 4.23. The van der Waals surface area contributed by atoms with Crippen LogP contribution in [0.2, 0.25) is 0 Å². The van der Waals surface area contributed by atoms with Gasteiger partial charge in [-0.2, -0.15) is 0 Å². The van der Waals surface area contributed by atoms with E-state index in [1.807, 2.05) is 0 Å². The van der Waals surface area contributed by atoms with E-state index in [-0.39, 0.29) is 50.1 Å². The van der Waals surface area contributed by atoms with Crippen LogP contribution in [-0.4, -0.2) is 185 Å². The zero-order chi connectivity index (χ0) is 31.5. The van der Waals surface area contributed by atoms with Crippen molar-refractivity contribution >= 4 is 121 Å². The van der Waals surface area contributed by atoms with Crippen LogP contribution in [-0.2, 0) is 70.8 Å². The Morgan fingerprint density at radius 3 is 0.270 bits per heavy atom. The van der Waals surface area contributed by atoms with Gasteiger partial charge in [0.2, 0.25) is 0 Å². The number of hydrogen-bond acceptors (Lipinski definition) is 21. The monoisotopic (exact) mass is 994 g/mol. The molecule has 0 aromatic rings. The van der Waals surface area contributed by atoms with Crippen molar-refractivity contribution in [3.05, 3.63) is 0 Å². The minimum Gasteiger partial charge on any atom is -0.748 e. The van der Waals surface area contributed by atoms with E-state index in [4.69, 9.17) is 90.8 Å². The predicted octanol–water partition coefficient (Wildman–Crippen LogP) is -6.63. The summed E-state index contributed by atoms with van der Waals surface area (Å²) in [7, 11) is -27.4. The zero-order valence-corrected chi connectivity index (χ0v) is 31.4. The van der Waals surface area contributed by atoms with Crippen LogP contribution in [0, 0.1) is 0 Å². The van der Waals surface area contributed by atoms with Gasteiger partial charge in [-0.05, 0) is 0 Å². The Balaban J connectivity index is -0.0000000350. The Morgan fingerprint density at radius 2 is 0.270 bits per heavy atom. The van der Waals surface area contributed by atoms with Crippen molar-refractivity contribution in [2.75, 3.05) is 43.8 Å². The maximum Gasteiger partial charge on any atom is 4.00 e. The van der Waals surface area contributed by atoms with E-state index in [2.05, 4.69) is 0 Å². The van der Waals surface area contributed by atoms with Crippen molar-refractivity contribution in [1.82, 2.24) is 0 Å². The molecule has 0 fully saturated rings. The molecule has 0 spiro atoms. The topological polar surface area (TPSA) is 400 Å². The van der Waals surface area contributed by atoms with E-state index in [0.29, 0.717) is 43.8 Å².